The van der Waals surface area contributed by atoms with Crippen molar-refractivity contribution in [2.24, 2.45) is 0 Å². The van der Waals surface area contributed by atoms with Gasteiger partial charge in [-0.15, -0.1) is 0 Å². The summed E-state index contributed by atoms with van der Waals surface area (Å²) in [6.45, 7) is 0. The van der Waals surface area contributed by atoms with Gasteiger partial charge in [0.1, 0.15) is 5.82 Å². The Labute approximate surface area is 88.4 Å². The summed E-state index contributed by atoms with van der Waals surface area (Å²) in [4.78, 5) is 0. The first-order valence-electron chi connectivity index (χ1n) is 4.71. The molecule has 75 valence electrons. The van der Waals surface area contributed by atoms with Gasteiger partial charge in [-0.25, -0.2) is 4.39 Å². The van der Waals surface area contributed by atoms with E-state index in [0.717, 1.165) is 5.56 Å². The molecule has 15 heavy (non-hydrogen) atoms. The van der Waals surface area contributed by atoms with E-state index in [4.69, 9.17) is 5.73 Å². The van der Waals surface area contributed by atoms with Crippen molar-refractivity contribution in [2.45, 2.75) is 0 Å². The first-order chi connectivity index (χ1) is 7.27. The summed E-state index contributed by atoms with van der Waals surface area (Å²) in [7, 11) is 0. The molecule has 0 unspecified atom stereocenters. The van der Waals surface area contributed by atoms with Gasteiger partial charge in [-0.1, -0.05) is 36.4 Å². The fourth-order valence-electron chi connectivity index (χ4n) is 1.40. The number of para-hydroxylation sites is 1. The van der Waals surface area contributed by atoms with Crippen LogP contribution in [0.15, 0.2) is 48.5 Å². The van der Waals surface area contributed by atoms with Gasteiger partial charge >= 0.3 is 0 Å². The van der Waals surface area contributed by atoms with Gasteiger partial charge in [0.2, 0.25) is 0 Å². The van der Waals surface area contributed by atoms with Gasteiger partial charge in [0.05, 0.1) is 0 Å². The topological polar surface area (TPSA) is 26.0 Å². The highest BCUT2D eigenvalue weighted by Gasteiger charge is 2.04. The quantitative estimate of drug-likeness (QED) is 0.741. The number of nitrogen functional groups attached to an aromatic ring is 1. The summed E-state index contributed by atoms with van der Waals surface area (Å²) in [6.07, 6.45) is 1.74. The van der Waals surface area contributed by atoms with E-state index in [-0.39, 0.29) is 5.82 Å². The Hall–Kier alpha value is -1.83. The molecule has 0 aromatic heterocycles. The summed E-state index contributed by atoms with van der Waals surface area (Å²) < 4.78 is 13.3. The highest BCUT2D eigenvalue weighted by Crippen LogP contribution is 2.19. The Kier molecular flexibility index (Phi) is 2.68. The van der Waals surface area contributed by atoms with E-state index in [9.17, 15) is 4.39 Å². The molecule has 0 aliphatic heterocycles. The number of rotatable bonds is 2. The maximum absolute atomic E-state index is 13.3. The lowest BCUT2D eigenvalue weighted by molar-refractivity contribution is 0.621. The second-order valence-electron chi connectivity index (χ2n) is 3.29. The highest BCUT2D eigenvalue weighted by atomic mass is 19.1. The van der Waals surface area contributed by atoms with Gasteiger partial charge in [-0.3, -0.25) is 0 Å². The van der Waals surface area contributed by atoms with E-state index in [0.29, 0.717) is 11.3 Å². The van der Waals surface area contributed by atoms with Crippen molar-refractivity contribution in [3.63, 3.8) is 0 Å². The summed E-state index contributed by atoms with van der Waals surface area (Å²) in [5.74, 6) is -0.235. The molecule has 0 saturated carbocycles. The minimum Gasteiger partial charge on any atom is -0.398 e. The second kappa shape index (κ2) is 4.13. The van der Waals surface area contributed by atoms with Crippen molar-refractivity contribution in [3.8, 4) is 0 Å². The van der Waals surface area contributed by atoms with Crippen LogP contribution in [0.5, 0.6) is 0 Å². The van der Waals surface area contributed by atoms with Gasteiger partial charge in [-0.2, -0.15) is 0 Å². The molecule has 0 saturated heterocycles. The SMILES string of the molecule is Nc1ccccc1[CH]c1ccccc1F. The Bertz CT molecular complexity index is 422. The third-order valence-electron chi connectivity index (χ3n) is 2.21. The standard InChI is InChI=1S/C13H11FN/c14-12-7-3-1-5-10(12)9-11-6-2-4-8-13(11)15/h1-9H,15H2. The molecule has 2 N–H and O–H groups in total. The molecule has 0 aliphatic rings. The lowest BCUT2D eigenvalue weighted by atomic mass is 10.0. The van der Waals surface area contributed by atoms with Crippen molar-refractivity contribution in [1.29, 1.82) is 0 Å². The highest BCUT2D eigenvalue weighted by molar-refractivity contribution is 5.54. The zero-order chi connectivity index (χ0) is 10.7. The number of hydrogen-bond acceptors (Lipinski definition) is 1. The third-order valence-corrected chi connectivity index (χ3v) is 2.21. The molecule has 1 nitrogen and oxygen atoms in total. The average Bonchev–Trinajstić information content (AvgIpc) is 2.24. The molecule has 0 heterocycles. The van der Waals surface area contributed by atoms with Crippen molar-refractivity contribution >= 4 is 5.69 Å². The zero-order valence-corrected chi connectivity index (χ0v) is 8.15. The van der Waals surface area contributed by atoms with Crippen LogP contribution in [0.25, 0.3) is 0 Å². The summed E-state index contributed by atoms with van der Waals surface area (Å²) in [6, 6.07) is 14.0. The minimum absolute atomic E-state index is 0.235. The van der Waals surface area contributed by atoms with Crippen LogP contribution in [0, 0.1) is 12.2 Å². The van der Waals surface area contributed by atoms with E-state index in [1.807, 2.05) is 18.2 Å². The number of anilines is 1. The summed E-state index contributed by atoms with van der Waals surface area (Å²) in [5.41, 5.74) is 7.81. The van der Waals surface area contributed by atoms with Crippen LogP contribution >= 0.6 is 0 Å². The molecule has 0 fully saturated rings. The lowest BCUT2D eigenvalue weighted by Crippen LogP contribution is -1.95. The summed E-state index contributed by atoms with van der Waals surface area (Å²) >= 11 is 0. The molecule has 0 bridgehead atoms. The molecule has 0 aliphatic carbocycles. The maximum atomic E-state index is 13.3. The van der Waals surface area contributed by atoms with Crippen molar-refractivity contribution in [3.05, 3.63) is 71.9 Å². The normalized spacial score (nSPS) is 10.2. The van der Waals surface area contributed by atoms with Gasteiger partial charge in [0, 0.05) is 12.1 Å². The number of halogens is 1. The fourth-order valence-corrected chi connectivity index (χ4v) is 1.40. The van der Waals surface area contributed by atoms with Gasteiger partial charge in [0.25, 0.3) is 0 Å². The van der Waals surface area contributed by atoms with Crippen LogP contribution in [0.2, 0.25) is 0 Å². The molecule has 0 spiro atoms. The van der Waals surface area contributed by atoms with E-state index in [2.05, 4.69) is 0 Å². The van der Waals surface area contributed by atoms with Crippen LogP contribution < -0.4 is 5.73 Å². The van der Waals surface area contributed by atoms with Gasteiger partial charge in [-0.05, 0) is 23.3 Å². The predicted molar refractivity (Wildman–Crippen MR) is 59.8 cm³/mol. The van der Waals surface area contributed by atoms with E-state index in [1.54, 1.807) is 30.7 Å². The molecule has 2 aromatic carbocycles. The van der Waals surface area contributed by atoms with Crippen LogP contribution in [-0.4, -0.2) is 0 Å². The van der Waals surface area contributed by atoms with Crippen molar-refractivity contribution in [1.82, 2.24) is 0 Å². The van der Waals surface area contributed by atoms with Crippen LogP contribution in [0.1, 0.15) is 11.1 Å². The molecule has 2 heteroatoms. The van der Waals surface area contributed by atoms with Gasteiger partial charge in [0.15, 0.2) is 0 Å². The third kappa shape index (κ3) is 2.15. The first kappa shape index (κ1) is 9.71. The minimum atomic E-state index is -0.235. The molecule has 0 atom stereocenters. The molecule has 2 aromatic rings. The number of nitrogens with two attached hydrogens (primary N) is 1. The Morgan fingerprint density at radius 2 is 1.47 bits per heavy atom. The maximum Gasteiger partial charge on any atom is 0.127 e. The van der Waals surface area contributed by atoms with E-state index >= 15 is 0 Å². The Morgan fingerprint density at radius 3 is 2.13 bits per heavy atom. The largest absolute Gasteiger partial charge is 0.398 e. The Balaban J connectivity index is 2.30. The lowest BCUT2D eigenvalue weighted by Gasteiger charge is -2.05. The number of hydrogen-bond donors (Lipinski definition) is 1. The molecule has 2 rings (SSSR count). The van der Waals surface area contributed by atoms with E-state index in [1.165, 1.54) is 6.07 Å². The smallest absolute Gasteiger partial charge is 0.127 e. The van der Waals surface area contributed by atoms with Crippen LogP contribution in [0.4, 0.5) is 10.1 Å². The van der Waals surface area contributed by atoms with Gasteiger partial charge < -0.3 is 5.73 Å². The van der Waals surface area contributed by atoms with Crippen molar-refractivity contribution < 1.29 is 4.39 Å². The van der Waals surface area contributed by atoms with Crippen LogP contribution in [-0.2, 0) is 0 Å². The summed E-state index contributed by atoms with van der Waals surface area (Å²) in [5, 5.41) is 0. The Morgan fingerprint density at radius 1 is 0.867 bits per heavy atom. The van der Waals surface area contributed by atoms with E-state index < -0.39 is 0 Å². The zero-order valence-electron chi connectivity index (χ0n) is 8.15. The molecule has 0 amide bonds. The average molecular weight is 200 g/mol. The second-order valence-corrected chi connectivity index (χ2v) is 3.29. The molecule has 1 radical (unpaired) electrons. The van der Waals surface area contributed by atoms with Crippen LogP contribution in [0.3, 0.4) is 0 Å². The predicted octanol–water partition coefficient (Wildman–Crippen LogP) is 3.01. The monoisotopic (exact) mass is 200 g/mol. The number of benzene rings is 2. The molecular weight excluding hydrogens is 189 g/mol. The van der Waals surface area contributed by atoms with Crippen molar-refractivity contribution in [2.75, 3.05) is 5.73 Å². The fraction of sp³-hybridized carbons (Fsp3) is 0. The molecular formula is C13H11FN. The first-order valence-corrected chi connectivity index (χ1v) is 4.71.